The Morgan fingerprint density at radius 1 is 1.06 bits per heavy atom. The highest BCUT2D eigenvalue weighted by atomic mass is 19.4. The number of anilines is 2. The van der Waals surface area contributed by atoms with Crippen LogP contribution in [-0.4, -0.2) is 26.9 Å². The number of rotatable bonds is 9. The molecule has 2 heterocycles. The third-order valence-corrected chi connectivity index (χ3v) is 5.37. The van der Waals surface area contributed by atoms with E-state index in [2.05, 4.69) is 20.3 Å². The average molecular weight is 474 g/mol. The van der Waals surface area contributed by atoms with Crippen molar-refractivity contribution in [2.45, 2.75) is 44.6 Å². The Morgan fingerprint density at radius 2 is 1.76 bits per heavy atom. The minimum Gasteiger partial charge on any atom is -0.369 e. The molecule has 11 heteroatoms. The van der Waals surface area contributed by atoms with Gasteiger partial charge in [-0.25, -0.2) is 9.97 Å². The van der Waals surface area contributed by atoms with Crippen LogP contribution in [0.5, 0.6) is 0 Å². The molecule has 34 heavy (non-hydrogen) atoms. The minimum atomic E-state index is -4.41. The fraction of sp³-hybridized carbons (Fsp3) is 0.304. The molecule has 1 saturated carbocycles. The van der Waals surface area contributed by atoms with E-state index in [0.717, 1.165) is 25.0 Å². The van der Waals surface area contributed by atoms with Gasteiger partial charge in [-0.2, -0.15) is 17.6 Å². The van der Waals surface area contributed by atoms with Gasteiger partial charge in [0.1, 0.15) is 6.33 Å². The zero-order valence-electron chi connectivity index (χ0n) is 18.0. The number of carbonyl (C=O) groups is 1. The van der Waals surface area contributed by atoms with Crippen LogP contribution in [0.1, 0.15) is 35.2 Å². The summed E-state index contributed by atoms with van der Waals surface area (Å²) in [7, 11) is 0. The van der Waals surface area contributed by atoms with Crippen LogP contribution in [0.15, 0.2) is 48.9 Å². The number of primary amides is 1. The number of pyridine rings is 1. The van der Waals surface area contributed by atoms with Crippen LogP contribution in [0.4, 0.5) is 29.2 Å². The standard InChI is InChI=1S/C23H22F4N6O/c24-20-21(30-11-17-6-3-15(10-29-17)9-19(28)34)31-13-32-22(20)33(18-7-8-18)12-14-1-4-16(5-2-14)23(25,26)27/h1-6,10,13,18H,7-9,11-12H2,(H2,28,34)(H,30,31,32). The van der Waals surface area contributed by atoms with Gasteiger partial charge >= 0.3 is 6.18 Å². The van der Waals surface area contributed by atoms with Gasteiger partial charge in [0.05, 0.1) is 24.2 Å². The molecular formula is C23H22F4N6O. The molecule has 1 amide bonds. The number of aromatic nitrogens is 3. The number of benzene rings is 1. The molecule has 2 aromatic heterocycles. The Labute approximate surface area is 193 Å². The van der Waals surface area contributed by atoms with E-state index in [1.165, 1.54) is 24.7 Å². The maximum absolute atomic E-state index is 15.3. The van der Waals surface area contributed by atoms with Crippen LogP contribution in [0.25, 0.3) is 0 Å². The zero-order chi connectivity index (χ0) is 24.3. The molecule has 0 atom stereocenters. The number of hydrogen-bond acceptors (Lipinski definition) is 6. The van der Waals surface area contributed by atoms with Crippen molar-refractivity contribution in [3.63, 3.8) is 0 Å². The Morgan fingerprint density at radius 3 is 2.35 bits per heavy atom. The molecule has 4 rings (SSSR count). The van der Waals surface area contributed by atoms with E-state index in [4.69, 9.17) is 5.73 Å². The maximum atomic E-state index is 15.3. The van der Waals surface area contributed by atoms with E-state index in [0.29, 0.717) is 16.8 Å². The summed E-state index contributed by atoms with van der Waals surface area (Å²) in [6.07, 6.45) is 0.128. The second kappa shape index (κ2) is 9.62. The number of halogens is 4. The van der Waals surface area contributed by atoms with Crippen molar-refractivity contribution in [3.8, 4) is 0 Å². The summed E-state index contributed by atoms with van der Waals surface area (Å²) in [5.41, 5.74) is 6.34. The molecule has 1 aliphatic rings. The predicted molar refractivity (Wildman–Crippen MR) is 117 cm³/mol. The summed E-state index contributed by atoms with van der Waals surface area (Å²) in [4.78, 5) is 25.1. The highest BCUT2D eigenvalue weighted by molar-refractivity contribution is 5.76. The summed E-state index contributed by atoms with van der Waals surface area (Å²) in [6, 6.07) is 8.30. The highest BCUT2D eigenvalue weighted by Gasteiger charge is 2.33. The molecule has 0 spiro atoms. The van der Waals surface area contributed by atoms with Gasteiger partial charge in [0.25, 0.3) is 0 Å². The number of amides is 1. The van der Waals surface area contributed by atoms with E-state index in [9.17, 15) is 18.0 Å². The first-order valence-corrected chi connectivity index (χ1v) is 10.6. The molecule has 3 N–H and O–H groups in total. The van der Waals surface area contributed by atoms with E-state index >= 15 is 4.39 Å². The molecule has 0 radical (unpaired) electrons. The van der Waals surface area contributed by atoms with Crippen LogP contribution in [0.3, 0.4) is 0 Å². The van der Waals surface area contributed by atoms with Crippen molar-refractivity contribution in [1.29, 1.82) is 0 Å². The fourth-order valence-corrected chi connectivity index (χ4v) is 3.48. The van der Waals surface area contributed by atoms with E-state index in [1.807, 2.05) is 0 Å². The summed E-state index contributed by atoms with van der Waals surface area (Å²) < 4.78 is 53.8. The highest BCUT2D eigenvalue weighted by Crippen LogP contribution is 2.35. The molecule has 0 saturated heterocycles. The van der Waals surface area contributed by atoms with Gasteiger partial charge in [0, 0.05) is 18.8 Å². The number of nitrogens with zero attached hydrogens (tertiary/aromatic N) is 4. The molecule has 1 fully saturated rings. The number of carbonyl (C=O) groups excluding carboxylic acids is 1. The first-order valence-electron chi connectivity index (χ1n) is 10.6. The molecule has 178 valence electrons. The van der Waals surface area contributed by atoms with Crippen LogP contribution in [0.2, 0.25) is 0 Å². The van der Waals surface area contributed by atoms with Crippen LogP contribution in [-0.2, 0) is 30.5 Å². The van der Waals surface area contributed by atoms with Crippen LogP contribution >= 0.6 is 0 Å². The summed E-state index contributed by atoms with van der Waals surface area (Å²) in [5.74, 6) is -1.03. The van der Waals surface area contributed by atoms with Gasteiger partial charge in [-0.05, 0) is 42.2 Å². The fourth-order valence-electron chi connectivity index (χ4n) is 3.48. The monoisotopic (exact) mass is 474 g/mol. The summed E-state index contributed by atoms with van der Waals surface area (Å²) in [6.45, 7) is 0.408. The largest absolute Gasteiger partial charge is 0.416 e. The normalized spacial score (nSPS) is 13.5. The molecule has 0 aliphatic heterocycles. The van der Waals surface area contributed by atoms with Gasteiger partial charge in [-0.1, -0.05) is 18.2 Å². The van der Waals surface area contributed by atoms with Crippen LogP contribution in [0, 0.1) is 5.82 Å². The third-order valence-electron chi connectivity index (χ3n) is 5.37. The van der Waals surface area contributed by atoms with Crippen LogP contribution < -0.4 is 16.0 Å². The lowest BCUT2D eigenvalue weighted by Gasteiger charge is -2.24. The average Bonchev–Trinajstić information content (AvgIpc) is 3.63. The quantitative estimate of drug-likeness (QED) is 0.458. The van der Waals surface area contributed by atoms with E-state index in [1.54, 1.807) is 17.0 Å². The molecule has 3 aromatic rings. The van der Waals surface area contributed by atoms with Gasteiger partial charge in [-0.15, -0.1) is 0 Å². The Bertz CT molecular complexity index is 1150. The smallest absolute Gasteiger partial charge is 0.369 e. The van der Waals surface area contributed by atoms with Gasteiger partial charge in [0.15, 0.2) is 11.6 Å². The predicted octanol–water partition coefficient (Wildman–Crippen LogP) is 3.84. The lowest BCUT2D eigenvalue weighted by Crippen LogP contribution is -2.27. The third kappa shape index (κ3) is 5.77. The first-order chi connectivity index (χ1) is 16.2. The number of hydrogen-bond donors (Lipinski definition) is 2. The lowest BCUT2D eigenvalue weighted by molar-refractivity contribution is -0.137. The maximum Gasteiger partial charge on any atom is 0.416 e. The van der Waals surface area contributed by atoms with E-state index < -0.39 is 23.5 Å². The molecule has 1 aromatic carbocycles. The summed E-state index contributed by atoms with van der Waals surface area (Å²) in [5, 5.41) is 2.90. The molecule has 0 unspecified atom stereocenters. The number of alkyl halides is 3. The zero-order valence-corrected chi connectivity index (χ0v) is 18.0. The molecular weight excluding hydrogens is 452 g/mol. The van der Waals surface area contributed by atoms with Crippen molar-refractivity contribution >= 4 is 17.5 Å². The van der Waals surface area contributed by atoms with Gasteiger partial charge in [-0.3, -0.25) is 9.78 Å². The molecule has 0 bridgehead atoms. The Kier molecular flexibility index (Phi) is 6.62. The lowest BCUT2D eigenvalue weighted by atomic mass is 10.1. The SMILES string of the molecule is NC(=O)Cc1ccc(CNc2ncnc(N(Cc3ccc(C(F)(F)F)cc3)C3CC3)c2F)nc1. The van der Waals surface area contributed by atoms with Crippen molar-refractivity contribution in [1.82, 2.24) is 15.0 Å². The molecule has 1 aliphatic carbocycles. The van der Waals surface area contributed by atoms with Crippen molar-refractivity contribution in [3.05, 3.63) is 77.1 Å². The number of nitrogens with one attached hydrogen (secondary N) is 1. The van der Waals surface area contributed by atoms with E-state index in [-0.39, 0.29) is 37.2 Å². The van der Waals surface area contributed by atoms with Crippen molar-refractivity contribution < 1.29 is 22.4 Å². The second-order valence-electron chi connectivity index (χ2n) is 8.07. The second-order valence-corrected chi connectivity index (χ2v) is 8.07. The van der Waals surface area contributed by atoms with Gasteiger partial charge < -0.3 is 16.0 Å². The van der Waals surface area contributed by atoms with Gasteiger partial charge in [0.2, 0.25) is 11.7 Å². The topological polar surface area (TPSA) is 97.0 Å². The van der Waals surface area contributed by atoms with Crippen molar-refractivity contribution in [2.24, 2.45) is 5.73 Å². The molecule has 7 nitrogen and oxygen atoms in total. The summed E-state index contributed by atoms with van der Waals surface area (Å²) >= 11 is 0. The Hall–Kier alpha value is -3.76. The Balaban J connectivity index is 1.47. The first kappa shape index (κ1) is 23.4. The minimum absolute atomic E-state index is 0.00826. The number of nitrogens with two attached hydrogens (primary N) is 1. The van der Waals surface area contributed by atoms with Crippen molar-refractivity contribution in [2.75, 3.05) is 10.2 Å².